The smallest absolute Gasteiger partial charge is 0.100 e. The molecule has 0 atom stereocenters. The van der Waals surface area contributed by atoms with Gasteiger partial charge in [-0.2, -0.15) is 5.26 Å². The summed E-state index contributed by atoms with van der Waals surface area (Å²) >= 11 is 5.06. The Hall–Kier alpha value is -1.28. The minimum Gasteiger partial charge on any atom is -0.310 e. The fraction of sp³-hybridized carbons (Fsp3) is 0.235. The number of benzene rings is 2. The fourth-order valence-electron chi connectivity index (χ4n) is 2.04. The van der Waals surface area contributed by atoms with Crippen LogP contribution in [0, 0.1) is 11.3 Å². The number of nitriles is 1. The van der Waals surface area contributed by atoms with Gasteiger partial charge in [0.05, 0.1) is 5.56 Å². The standard InChI is InChI=1S/C17H15BrN2S/c18-14-2-6-16(7-3-14)21-17-8-1-12(9-13(17)10-19)11-20-15-4-5-15/h1-3,6-9,15,20H,4-5,11H2. The Balaban J connectivity index is 1.74. The molecule has 0 unspecified atom stereocenters. The van der Waals surface area contributed by atoms with Gasteiger partial charge in [0.2, 0.25) is 0 Å². The van der Waals surface area contributed by atoms with Crippen molar-refractivity contribution in [3.63, 3.8) is 0 Å². The summed E-state index contributed by atoms with van der Waals surface area (Å²) in [5.41, 5.74) is 1.93. The van der Waals surface area contributed by atoms with Crippen molar-refractivity contribution < 1.29 is 0 Å². The maximum Gasteiger partial charge on any atom is 0.100 e. The van der Waals surface area contributed by atoms with Crippen LogP contribution < -0.4 is 5.32 Å². The average molecular weight is 359 g/mol. The summed E-state index contributed by atoms with van der Waals surface area (Å²) in [5.74, 6) is 0. The second-order valence-electron chi connectivity index (χ2n) is 5.15. The molecule has 0 spiro atoms. The maximum atomic E-state index is 9.36. The molecule has 1 N–H and O–H groups in total. The van der Waals surface area contributed by atoms with E-state index < -0.39 is 0 Å². The molecule has 0 saturated heterocycles. The van der Waals surface area contributed by atoms with Gasteiger partial charge < -0.3 is 5.32 Å². The third-order valence-electron chi connectivity index (χ3n) is 3.38. The summed E-state index contributed by atoms with van der Waals surface area (Å²) in [6, 6.07) is 17.3. The predicted octanol–water partition coefficient (Wildman–Crippen LogP) is 4.72. The van der Waals surface area contributed by atoms with E-state index in [9.17, 15) is 5.26 Å². The molecule has 21 heavy (non-hydrogen) atoms. The SMILES string of the molecule is N#Cc1cc(CNC2CC2)ccc1Sc1ccc(Br)cc1. The van der Waals surface area contributed by atoms with Crippen LogP contribution in [0.4, 0.5) is 0 Å². The molecule has 0 aliphatic heterocycles. The molecule has 2 aromatic rings. The van der Waals surface area contributed by atoms with Gasteiger partial charge >= 0.3 is 0 Å². The van der Waals surface area contributed by atoms with E-state index in [1.807, 2.05) is 18.2 Å². The highest BCUT2D eigenvalue weighted by atomic mass is 79.9. The van der Waals surface area contributed by atoms with Gasteiger partial charge in [-0.15, -0.1) is 0 Å². The maximum absolute atomic E-state index is 9.36. The van der Waals surface area contributed by atoms with E-state index in [2.05, 4.69) is 51.6 Å². The van der Waals surface area contributed by atoms with Crippen LogP contribution in [0.3, 0.4) is 0 Å². The van der Waals surface area contributed by atoms with Crippen LogP contribution in [0.1, 0.15) is 24.0 Å². The summed E-state index contributed by atoms with van der Waals surface area (Å²) < 4.78 is 1.06. The summed E-state index contributed by atoms with van der Waals surface area (Å²) in [7, 11) is 0. The Morgan fingerprint density at radius 3 is 2.62 bits per heavy atom. The van der Waals surface area contributed by atoms with Gasteiger partial charge in [-0.3, -0.25) is 0 Å². The summed E-state index contributed by atoms with van der Waals surface area (Å²) in [6.45, 7) is 0.850. The quantitative estimate of drug-likeness (QED) is 0.839. The van der Waals surface area contributed by atoms with Gasteiger partial charge in [0.15, 0.2) is 0 Å². The van der Waals surface area contributed by atoms with Gasteiger partial charge in [0.1, 0.15) is 6.07 Å². The van der Waals surface area contributed by atoms with Gasteiger partial charge in [-0.05, 0) is 54.8 Å². The zero-order chi connectivity index (χ0) is 14.7. The lowest BCUT2D eigenvalue weighted by Crippen LogP contribution is -2.15. The van der Waals surface area contributed by atoms with E-state index in [0.29, 0.717) is 6.04 Å². The van der Waals surface area contributed by atoms with Crippen LogP contribution in [0.25, 0.3) is 0 Å². The summed E-state index contributed by atoms with van der Waals surface area (Å²) in [5, 5.41) is 12.8. The number of halogens is 1. The average Bonchev–Trinajstić information content (AvgIpc) is 3.33. The number of hydrogen-bond donors (Lipinski definition) is 1. The molecule has 0 bridgehead atoms. The largest absolute Gasteiger partial charge is 0.310 e. The van der Waals surface area contributed by atoms with E-state index in [1.165, 1.54) is 18.4 Å². The van der Waals surface area contributed by atoms with Gasteiger partial charge in [-0.25, -0.2) is 0 Å². The van der Waals surface area contributed by atoms with E-state index in [1.54, 1.807) is 11.8 Å². The van der Waals surface area contributed by atoms with Gasteiger partial charge in [0.25, 0.3) is 0 Å². The Labute approximate surface area is 137 Å². The third kappa shape index (κ3) is 4.10. The van der Waals surface area contributed by atoms with E-state index >= 15 is 0 Å². The molecule has 1 aliphatic rings. The molecule has 0 aromatic heterocycles. The van der Waals surface area contributed by atoms with Crippen LogP contribution in [0.2, 0.25) is 0 Å². The predicted molar refractivity (Wildman–Crippen MR) is 89.3 cm³/mol. The molecule has 2 nitrogen and oxygen atoms in total. The van der Waals surface area contributed by atoms with Crippen molar-refractivity contribution in [1.82, 2.24) is 5.32 Å². The number of nitrogens with zero attached hydrogens (tertiary/aromatic N) is 1. The van der Waals surface area contributed by atoms with Crippen molar-refractivity contribution in [2.75, 3.05) is 0 Å². The van der Waals surface area contributed by atoms with Crippen LogP contribution in [0.15, 0.2) is 56.7 Å². The fourth-order valence-corrected chi connectivity index (χ4v) is 3.18. The van der Waals surface area contributed by atoms with E-state index in [0.717, 1.165) is 26.4 Å². The lowest BCUT2D eigenvalue weighted by Gasteiger charge is -2.08. The molecule has 4 heteroatoms. The van der Waals surface area contributed by atoms with E-state index in [4.69, 9.17) is 0 Å². The molecule has 0 heterocycles. The van der Waals surface area contributed by atoms with Crippen LogP contribution in [-0.2, 0) is 6.54 Å². The van der Waals surface area contributed by atoms with Crippen LogP contribution in [0.5, 0.6) is 0 Å². The minimum atomic E-state index is 0.687. The third-order valence-corrected chi connectivity index (χ3v) is 4.99. The molecule has 1 fully saturated rings. The van der Waals surface area contributed by atoms with Crippen molar-refractivity contribution in [1.29, 1.82) is 5.26 Å². The number of nitrogens with one attached hydrogen (secondary N) is 1. The molecule has 1 saturated carbocycles. The number of hydrogen-bond acceptors (Lipinski definition) is 3. The van der Waals surface area contributed by atoms with Crippen molar-refractivity contribution >= 4 is 27.7 Å². The molecular formula is C17H15BrN2S. The topological polar surface area (TPSA) is 35.8 Å². The summed E-state index contributed by atoms with van der Waals surface area (Å²) in [4.78, 5) is 2.15. The van der Waals surface area contributed by atoms with E-state index in [-0.39, 0.29) is 0 Å². The summed E-state index contributed by atoms with van der Waals surface area (Å²) in [6.07, 6.45) is 2.56. The van der Waals surface area contributed by atoms with Crippen molar-refractivity contribution in [2.45, 2.75) is 35.2 Å². The van der Waals surface area contributed by atoms with Crippen LogP contribution in [-0.4, -0.2) is 6.04 Å². The number of rotatable bonds is 5. The monoisotopic (exact) mass is 358 g/mol. The Morgan fingerprint density at radius 2 is 1.95 bits per heavy atom. The highest BCUT2D eigenvalue weighted by Gasteiger charge is 2.20. The minimum absolute atomic E-state index is 0.687. The lowest BCUT2D eigenvalue weighted by molar-refractivity contribution is 0.687. The van der Waals surface area contributed by atoms with Crippen molar-refractivity contribution in [3.05, 3.63) is 58.1 Å². The molecule has 106 valence electrons. The first-order valence-corrected chi connectivity index (χ1v) is 8.55. The van der Waals surface area contributed by atoms with Crippen molar-refractivity contribution in [2.24, 2.45) is 0 Å². The zero-order valence-corrected chi connectivity index (χ0v) is 13.9. The molecule has 3 rings (SSSR count). The molecule has 0 radical (unpaired) electrons. The van der Waals surface area contributed by atoms with Crippen LogP contribution >= 0.6 is 27.7 Å². The zero-order valence-electron chi connectivity index (χ0n) is 11.5. The first kappa shape index (κ1) is 14.6. The van der Waals surface area contributed by atoms with Gasteiger partial charge in [0, 0.05) is 26.9 Å². The van der Waals surface area contributed by atoms with Gasteiger partial charge in [-0.1, -0.05) is 33.8 Å². The molecule has 2 aromatic carbocycles. The highest BCUT2D eigenvalue weighted by Crippen LogP contribution is 2.31. The molecule has 0 amide bonds. The first-order valence-electron chi connectivity index (χ1n) is 6.94. The Kier molecular flexibility index (Phi) is 4.64. The van der Waals surface area contributed by atoms with Crippen molar-refractivity contribution in [3.8, 4) is 6.07 Å². The Bertz CT molecular complexity index is 672. The molecular weight excluding hydrogens is 344 g/mol. The lowest BCUT2D eigenvalue weighted by atomic mass is 10.1. The first-order chi connectivity index (χ1) is 10.2. The second-order valence-corrected chi connectivity index (χ2v) is 7.18. The molecule has 1 aliphatic carbocycles. The second kappa shape index (κ2) is 6.65. The Morgan fingerprint density at radius 1 is 1.19 bits per heavy atom. The highest BCUT2D eigenvalue weighted by molar-refractivity contribution is 9.10. The normalized spacial score (nSPS) is 13.9.